The predicted octanol–water partition coefficient (Wildman–Crippen LogP) is 4.74. The van der Waals surface area contributed by atoms with Crippen molar-refractivity contribution in [1.82, 2.24) is 5.32 Å². The highest BCUT2D eigenvalue weighted by Gasteiger charge is 2.36. The number of carbonyl (C=O) groups excluding carboxylic acids is 1. The monoisotopic (exact) mass is 500 g/mol. The number of alkyl halides is 3. The molecule has 2 aromatic rings. The van der Waals surface area contributed by atoms with Crippen molar-refractivity contribution in [2.24, 2.45) is 0 Å². The van der Waals surface area contributed by atoms with Crippen molar-refractivity contribution < 1.29 is 31.1 Å². The second-order valence-corrected chi connectivity index (χ2v) is 10.8. The SMILES string of the molecule is CC(C)(C)c1ccc(OCCNC(=O)CCCN(c2ccccc2C(F)(F)F)S(C)(=O)=O)cc1. The summed E-state index contributed by atoms with van der Waals surface area (Å²) in [6, 6.07) is 12.2. The minimum absolute atomic E-state index is 0.0357. The third-order valence-corrected chi connectivity index (χ3v) is 6.24. The first-order chi connectivity index (χ1) is 15.7. The molecule has 0 saturated heterocycles. The van der Waals surface area contributed by atoms with Crippen LogP contribution in [0.1, 0.15) is 44.7 Å². The maximum absolute atomic E-state index is 13.3. The summed E-state index contributed by atoms with van der Waals surface area (Å²) < 4.78 is 70.5. The molecule has 0 fully saturated rings. The van der Waals surface area contributed by atoms with Crippen LogP contribution in [0.4, 0.5) is 18.9 Å². The zero-order chi connectivity index (χ0) is 25.6. The first-order valence-corrected chi connectivity index (χ1v) is 12.7. The molecule has 0 aliphatic carbocycles. The van der Waals surface area contributed by atoms with Gasteiger partial charge in [-0.25, -0.2) is 8.42 Å². The molecule has 0 aliphatic rings. The van der Waals surface area contributed by atoms with Gasteiger partial charge in [0.1, 0.15) is 12.4 Å². The van der Waals surface area contributed by atoms with Crippen molar-refractivity contribution in [3.63, 3.8) is 0 Å². The Morgan fingerprint density at radius 2 is 1.65 bits per heavy atom. The van der Waals surface area contributed by atoms with Crippen LogP contribution in [-0.2, 0) is 26.4 Å². The van der Waals surface area contributed by atoms with E-state index in [2.05, 4.69) is 26.1 Å². The van der Waals surface area contributed by atoms with Gasteiger partial charge in [0.15, 0.2) is 0 Å². The number of anilines is 1. The van der Waals surface area contributed by atoms with Crippen LogP contribution in [0.2, 0.25) is 0 Å². The second-order valence-electron chi connectivity index (χ2n) is 8.93. The number of para-hydroxylation sites is 1. The second kappa shape index (κ2) is 11.1. The molecule has 188 valence electrons. The number of rotatable bonds is 10. The molecular formula is C24H31F3N2O4S. The van der Waals surface area contributed by atoms with Crippen molar-refractivity contribution in [3.05, 3.63) is 59.7 Å². The molecule has 0 bridgehead atoms. The van der Waals surface area contributed by atoms with E-state index in [9.17, 15) is 26.4 Å². The third kappa shape index (κ3) is 8.23. The highest BCUT2D eigenvalue weighted by Crippen LogP contribution is 2.37. The average molecular weight is 501 g/mol. The maximum atomic E-state index is 13.3. The van der Waals surface area contributed by atoms with E-state index in [-0.39, 0.29) is 43.9 Å². The fourth-order valence-electron chi connectivity index (χ4n) is 3.28. The van der Waals surface area contributed by atoms with Crippen LogP contribution in [0.25, 0.3) is 0 Å². The van der Waals surface area contributed by atoms with Gasteiger partial charge in [-0.2, -0.15) is 13.2 Å². The molecule has 0 saturated carbocycles. The van der Waals surface area contributed by atoms with Gasteiger partial charge in [0.2, 0.25) is 15.9 Å². The Labute approximate surface area is 199 Å². The number of ether oxygens (including phenoxy) is 1. The fourth-order valence-corrected chi connectivity index (χ4v) is 4.26. The van der Waals surface area contributed by atoms with E-state index in [0.717, 1.165) is 18.4 Å². The molecule has 0 aliphatic heterocycles. The van der Waals surface area contributed by atoms with Crippen molar-refractivity contribution in [1.29, 1.82) is 0 Å². The largest absolute Gasteiger partial charge is 0.492 e. The summed E-state index contributed by atoms with van der Waals surface area (Å²) in [4.78, 5) is 12.1. The Morgan fingerprint density at radius 1 is 1.03 bits per heavy atom. The van der Waals surface area contributed by atoms with E-state index in [1.54, 1.807) is 0 Å². The van der Waals surface area contributed by atoms with Crippen molar-refractivity contribution in [2.45, 2.75) is 45.2 Å². The van der Waals surface area contributed by atoms with E-state index in [0.29, 0.717) is 10.1 Å². The van der Waals surface area contributed by atoms with Crippen LogP contribution >= 0.6 is 0 Å². The summed E-state index contributed by atoms with van der Waals surface area (Å²) >= 11 is 0. The molecule has 34 heavy (non-hydrogen) atoms. The predicted molar refractivity (Wildman–Crippen MR) is 127 cm³/mol. The maximum Gasteiger partial charge on any atom is 0.418 e. The van der Waals surface area contributed by atoms with Crippen molar-refractivity contribution >= 4 is 21.6 Å². The molecule has 0 atom stereocenters. The molecule has 6 nitrogen and oxygen atoms in total. The van der Waals surface area contributed by atoms with Gasteiger partial charge in [-0.3, -0.25) is 9.10 Å². The summed E-state index contributed by atoms with van der Waals surface area (Å²) in [6.45, 7) is 6.57. The summed E-state index contributed by atoms with van der Waals surface area (Å²) in [5.41, 5.74) is -0.288. The molecule has 0 spiro atoms. The van der Waals surface area contributed by atoms with Crippen molar-refractivity contribution in [2.75, 3.05) is 30.3 Å². The van der Waals surface area contributed by atoms with Gasteiger partial charge in [-0.15, -0.1) is 0 Å². The van der Waals surface area contributed by atoms with Gasteiger partial charge in [-0.1, -0.05) is 45.0 Å². The smallest absolute Gasteiger partial charge is 0.418 e. The summed E-state index contributed by atoms with van der Waals surface area (Å²) in [5.74, 6) is 0.332. The Bertz CT molecular complexity index is 1060. The first kappa shape index (κ1) is 27.5. The molecule has 0 heterocycles. The standard InChI is InChI=1S/C24H31F3N2O4S/c1-23(2,3)18-11-13-19(14-12-18)33-17-15-28-22(30)10-7-16-29(34(4,31)32)21-9-6-5-8-20(21)24(25,26)27/h5-6,8-9,11-14H,7,10,15-17H2,1-4H3,(H,28,30). The average Bonchev–Trinajstić information content (AvgIpc) is 2.72. The zero-order valence-electron chi connectivity index (χ0n) is 19.8. The van der Waals surface area contributed by atoms with E-state index in [1.807, 2.05) is 24.3 Å². The molecule has 1 amide bonds. The van der Waals surface area contributed by atoms with Gasteiger partial charge in [0.25, 0.3) is 0 Å². The number of nitrogens with zero attached hydrogens (tertiary/aromatic N) is 1. The van der Waals surface area contributed by atoms with Crippen LogP contribution in [0, 0.1) is 0 Å². The highest BCUT2D eigenvalue weighted by atomic mass is 32.2. The van der Waals surface area contributed by atoms with Gasteiger partial charge in [0.05, 0.1) is 24.1 Å². The topological polar surface area (TPSA) is 75.7 Å². The van der Waals surface area contributed by atoms with Crippen LogP contribution in [0.3, 0.4) is 0 Å². The number of amides is 1. The molecule has 2 rings (SSSR count). The van der Waals surface area contributed by atoms with Crippen LogP contribution in [0.5, 0.6) is 5.75 Å². The fraction of sp³-hybridized carbons (Fsp3) is 0.458. The summed E-state index contributed by atoms with van der Waals surface area (Å²) in [6.07, 6.45) is -3.85. The van der Waals surface area contributed by atoms with Crippen molar-refractivity contribution in [3.8, 4) is 5.75 Å². The molecule has 0 unspecified atom stereocenters. The Hall–Kier alpha value is -2.75. The first-order valence-electron chi connectivity index (χ1n) is 10.8. The molecule has 10 heteroatoms. The Balaban J connectivity index is 1.84. The summed E-state index contributed by atoms with van der Waals surface area (Å²) in [5, 5.41) is 2.66. The molecule has 1 N–H and O–H groups in total. The van der Waals surface area contributed by atoms with E-state index in [1.165, 1.54) is 17.7 Å². The van der Waals surface area contributed by atoms with Gasteiger partial charge in [0, 0.05) is 13.0 Å². The number of hydrogen-bond donors (Lipinski definition) is 1. The summed E-state index contributed by atoms with van der Waals surface area (Å²) in [7, 11) is -3.98. The molecule has 0 radical (unpaired) electrons. The van der Waals surface area contributed by atoms with Crippen LogP contribution in [-0.4, -0.2) is 40.3 Å². The lowest BCUT2D eigenvalue weighted by Crippen LogP contribution is -2.34. The van der Waals surface area contributed by atoms with Gasteiger partial charge >= 0.3 is 6.18 Å². The van der Waals surface area contributed by atoms with E-state index in [4.69, 9.17) is 4.74 Å². The normalized spacial score (nSPS) is 12.3. The third-order valence-electron chi connectivity index (χ3n) is 5.06. The lowest BCUT2D eigenvalue weighted by Gasteiger charge is -2.25. The van der Waals surface area contributed by atoms with Crippen LogP contribution in [0.15, 0.2) is 48.5 Å². The lowest BCUT2D eigenvalue weighted by atomic mass is 9.87. The molecule has 0 aromatic heterocycles. The number of halogens is 3. The van der Waals surface area contributed by atoms with E-state index >= 15 is 0 Å². The van der Waals surface area contributed by atoms with E-state index < -0.39 is 27.5 Å². The van der Waals surface area contributed by atoms with Crippen LogP contribution < -0.4 is 14.4 Å². The molecular weight excluding hydrogens is 469 g/mol. The molecule has 2 aromatic carbocycles. The van der Waals surface area contributed by atoms with Gasteiger partial charge in [-0.05, 0) is 41.7 Å². The highest BCUT2D eigenvalue weighted by molar-refractivity contribution is 7.92. The van der Waals surface area contributed by atoms with Gasteiger partial charge < -0.3 is 10.1 Å². The number of benzene rings is 2. The zero-order valence-corrected chi connectivity index (χ0v) is 20.6. The number of carbonyl (C=O) groups is 1. The minimum Gasteiger partial charge on any atom is -0.492 e. The minimum atomic E-state index is -4.70. The number of sulfonamides is 1. The quantitative estimate of drug-likeness (QED) is 0.478. The number of nitrogens with one attached hydrogen (secondary N) is 1. The Kier molecular flexibility index (Phi) is 8.99. The lowest BCUT2D eigenvalue weighted by molar-refractivity contribution is -0.137. The Morgan fingerprint density at radius 3 is 2.21 bits per heavy atom. The number of hydrogen-bond acceptors (Lipinski definition) is 4.